The fourth-order valence-electron chi connectivity index (χ4n) is 3.30. The molecule has 0 atom stereocenters. The number of hydrogen-bond donors (Lipinski definition) is 1. The van der Waals surface area contributed by atoms with Gasteiger partial charge in [-0.3, -0.25) is 4.90 Å². The molecule has 1 aliphatic heterocycles. The van der Waals surface area contributed by atoms with Gasteiger partial charge in [0.2, 0.25) is 0 Å². The molecule has 0 aromatic heterocycles. The lowest BCUT2D eigenvalue weighted by atomic mass is 10.0. The van der Waals surface area contributed by atoms with E-state index in [1.165, 1.54) is 16.7 Å². The number of carbonyl (C=O) groups is 1. The zero-order valence-electron chi connectivity index (χ0n) is 12.8. The van der Waals surface area contributed by atoms with Crippen molar-refractivity contribution >= 4 is 11.7 Å². The third kappa shape index (κ3) is 2.17. The number of anilines is 1. The van der Waals surface area contributed by atoms with Crippen LogP contribution in [-0.4, -0.2) is 12.6 Å². The molecule has 3 nitrogen and oxygen atoms in total. The van der Waals surface area contributed by atoms with Gasteiger partial charge in [-0.2, -0.15) is 0 Å². The SMILES string of the molecule is Cc1ccc(C2(NC(=O)N3CCc4ccccc43)CC2)cc1. The van der Waals surface area contributed by atoms with Crippen LogP contribution in [0.15, 0.2) is 48.5 Å². The van der Waals surface area contributed by atoms with Crippen LogP contribution in [0.5, 0.6) is 0 Å². The summed E-state index contributed by atoms with van der Waals surface area (Å²) >= 11 is 0. The highest BCUT2D eigenvalue weighted by atomic mass is 16.2. The number of amides is 2. The summed E-state index contributed by atoms with van der Waals surface area (Å²) in [4.78, 5) is 14.6. The largest absolute Gasteiger partial charge is 0.328 e. The summed E-state index contributed by atoms with van der Waals surface area (Å²) in [5.74, 6) is 0. The molecule has 2 aromatic rings. The summed E-state index contributed by atoms with van der Waals surface area (Å²) in [6.07, 6.45) is 3.00. The minimum absolute atomic E-state index is 0.0306. The van der Waals surface area contributed by atoms with Crippen LogP contribution in [0, 0.1) is 6.92 Å². The van der Waals surface area contributed by atoms with Crippen LogP contribution >= 0.6 is 0 Å². The Morgan fingerprint density at radius 2 is 1.82 bits per heavy atom. The number of benzene rings is 2. The second kappa shape index (κ2) is 4.87. The summed E-state index contributed by atoms with van der Waals surface area (Å²) in [6, 6.07) is 16.7. The van der Waals surface area contributed by atoms with Gasteiger partial charge in [-0.15, -0.1) is 0 Å². The van der Waals surface area contributed by atoms with Gasteiger partial charge in [0, 0.05) is 12.2 Å². The summed E-state index contributed by atoms with van der Waals surface area (Å²) < 4.78 is 0. The first kappa shape index (κ1) is 13.4. The van der Waals surface area contributed by atoms with Crippen molar-refractivity contribution in [2.45, 2.75) is 31.7 Å². The first-order valence-corrected chi connectivity index (χ1v) is 7.93. The summed E-state index contributed by atoms with van der Waals surface area (Å²) in [6.45, 7) is 2.86. The van der Waals surface area contributed by atoms with Gasteiger partial charge in [0.25, 0.3) is 0 Å². The molecular formula is C19H20N2O. The fourth-order valence-corrected chi connectivity index (χ4v) is 3.30. The Morgan fingerprint density at radius 1 is 1.09 bits per heavy atom. The predicted octanol–water partition coefficient (Wildman–Crippen LogP) is 3.76. The third-order valence-electron chi connectivity index (χ3n) is 4.83. The van der Waals surface area contributed by atoms with Crippen LogP contribution < -0.4 is 10.2 Å². The van der Waals surface area contributed by atoms with Crippen molar-refractivity contribution in [1.82, 2.24) is 5.32 Å². The lowest BCUT2D eigenvalue weighted by Gasteiger charge is -2.24. The molecule has 0 radical (unpaired) electrons. The van der Waals surface area contributed by atoms with Gasteiger partial charge in [0.1, 0.15) is 0 Å². The quantitative estimate of drug-likeness (QED) is 0.898. The molecular weight excluding hydrogens is 272 g/mol. The van der Waals surface area contributed by atoms with E-state index < -0.39 is 0 Å². The third-order valence-corrected chi connectivity index (χ3v) is 4.83. The molecule has 1 N–H and O–H groups in total. The number of nitrogens with zero attached hydrogens (tertiary/aromatic N) is 1. The van der Waals surface area contributed by atoms with E-state index in [0.29, 0.717) is 0 Å². The van der Waals surface area contributed by atoms with E-state index in [2.05, 4.69) is 42.6 Å². The Kier molecular flexibility index (Phi) is 2.96. The van der Waals surface area contributed by atoms with E-state index in [0.717, 1.165) is 31.5 Å². The number of nitrogens with one attached hydrogen (secondary N) is 1. The Bertz CT molecular complexity index is 716. The van der Waals surface area contributed by atoms with Crippen molar-refractivity contribution in [1.29, 1.82) is 0 Å². The molecule has 1 heterocycles. The van der Waals surface area contributed by atoms with Gasteiger partial charge in [0.15, 0.2) is 0 Å². The second-order valence-corrected chi connectivity index (χ2v) is 6.41. The molecule has 0 unspecified atom stereocenters. The Morgan fingerprint density at radius 3 is 2.55 bits per heavy atom. The van der Waals surface area contributed by atoms with Crippen molar-refractivity contribution in [3.8, 4) is 0 Å². The highest BCUT2D eigenvalue weighted by Crippen LogP contribution is 2.46. The minimum Gasteiger partial charge on any atom is -0.328 e. The maximum Gasteiger partial charge on any atom is 0.322 e. The van der Waals surface area contributed by atoms with E-state index in [-0.39, 0.29) is 11.6 Å². The topological polar surface area (TPSA) is 32.3 Å². The zero-order valence-corrected chi connectivity index (χ0v) is 12.8. The number of carbonyl (C=O) groups excluding carboxylic acids is 1. The van der Waals surface area contributed by atoms with Gasteiger partial charge >= 0.3 is 6.03 Å². The van der Waals surface area contributed by atoms with Crippen LogP contribution in [0.2, 0.25) is 0 Å². The number of aryl methyl sites for hydroxylation is 1. The number of urea groups is 1. The maximum atomic E-state index is 12.7. The average molecular weight is 292 g/mol. The maximum absolute atomic E-state index is 12.7. The van der Waals surface area contributed by atoms with Gasteiger partial charge in [-0.1, -0.05) is 48.0 Å². The van der Waals surface area contributed by atoms with Crippen LogP contribution in [0.4, 0.5) is 10.5 Å². The highest BCUT2D eigenvalue weighted by molar-refractivity contribution is 5.95. The lowest BCUT2D eigenvalue weighted by molar-refractivity contribution is 0.242. The molecule has 0 saturated heterocycles. The highest BCUT2D eigenvalue weighted by Gasteiger charge is 2.46. The van der Waals surface area contributed by atoms with Crippen molar-refractivity contribution in [3.63, 3.8) is 0 Å². The molecule has 112 valence electrons. The molecule has 0 spiro atoms. The van der Waals surface area contributed by atoms with E-state index >= 15 is 0 Å². The van der Waals surface area contributed by atoms with Crippen LogP contribution in [0.3, 0.4) is 0 Å². The smallest absolute Gasteiger partial charge is 0.322 e. The van der Waals surface area contributed by atoms with Crippen molar-refractivity contribution in [3.05, 3.63) is 65.2 Å². The summed E-state index contributed by atoms with van der Waals surface area (Å²) in [5.41, 5.74) is 4.64. The van der Waals surface area contributed by atoms with Crippen molar-refractivity contribution in [2.24, 2.45) is 0 Å². The molecule has 2 aromatic carbocycles. The summed E-state index contributed by atoms with van der Waals surface area (Å²) in [7, 11) is 0. The molecule has 4 rings (SSSR count). The molecule has 1 aliphatic carbocycles. The van der Waals surface area contributed by atoms with Crippen molar-refractivity contribution < 1.29 is 4.79 Å². The zero-order chi connectivity index (χ0) is 15.2. The van der Waals surface area contributed by atoms with Crippen LogP contribution in [0.25, 0.3) is 0 Å². The number of rotatable bonds is 2. The van der Waals surface area contributed by atoms with Gasteiger partial charge in [-0.25, -0.2) is 4.79 Å². The van der Waals surface area contributed by atoms with E-state index in [1.54, 1.807) is 0 Å². The Balaban J connectivity index is 1.54. The molecule has 0 bridgehead atoms. The molecule has 1 saturated carbocycles. The lowest BCUT2D eigenvalue weighted by Crippen LogP contribution is -2.44. The standard InChI is InChI=1S/C19H20N2O/c1-14-6-8-16(9-7-14)19(11-12-19)20-18(22)21-13-10-15-4-2-3-5-17(15)21/h2-9H,10-13H2,1H3,(H,20,22). The normalized spacial score (nSPS) is 18.0. The van der Waals surface area contributed by atoms with Gasteiger partial charge in [-0.05, 0) is 43.4 Å². The molecule has 2 aliphatic rings. The average Bonchev–Trinajstić information content (AvgIpc) is 3.17. The number of hydrogen-bond acceptors (Lipinski definition) is 1. The molecule has 3 heteroatoms. The van der Waals surface area contributed by atoms with Crippen molar-refractivity contribution in [2.75, 3.05) is 11.4 Å². The van der Waals surface area contributed by atoms with E-state index in [4.69, 9.17) is 0 Å². The summed E-state index contributed by atoms with van der Waals surface area (Å²) in [5, 5.41) is 3.27. The first-order chi connectivity index (χ1) is 10.7. The Labute approximate surface area is 131 Å². The van der Waals surface area contributed by atoms with Crippen LogP contribution in [0.1, 0.15) is 29.5 Å². The second-order valence-electron chi connectivity index (χ2n) is 6.41. The number of para-hydroxylation sites is 1. The molecule has 2 amide bonds. The Hall–Kier alpha value is -2.29. The first-order valence-electron chi connectivity index (χ1n) is 7.93. The molecule has 1 fully saturated rings. The van der Waals surface area contributed by atoms with E-state index in [9.17, 15) is 4.79 Å². The fraction of sp³-hybridized carbons (Fsp3) is 0.316. The van der Waals surface area contributed by atoms with Gasteiger partial charge in [0.05, 0.1) is 5.54 Å². The monoisotopic (exact) mass is 292 g/mol. The number of fused-ring (bicyclic) bond motifs is 1. The van der Waals surface area contributed by atoms with Gasteiger partial charge < -0.3 is 5.32 Å². The molecule has 22 heavy (non-hydrogen) atoms. The van der Waals surface area contributed by atoms with E-state index in [1.807, 2.05) is 23.1 Å². The van der Waals surface area contributed by atoms with Crippen LogP contribution in [-0.2, 0) is 12.0 Å². The predicted molar refractivity (Wildman–Crippen MR) is 88.1 cm³/mol. The minimum atomic E-state index is -0.150.